The molecule has 1 aromatic rings. The molecule has 2 rings (SSSR count). The second-order valence-corrected chi connectivity index (χ2v) is 4.01. The van der Waals surface area contributed by atoms with Gasteiger partial charge in [-0.25, -0.2) is 0 Å². The summed E-state index contributed by atoms with van der Waals surface area (Å²) in [6.45, 7) is 1.95. The number of amides is 1. The molecular weight excluding hydrogens is 188 g/mol. The molecule has 1 aliphatic rings. The number of hydrogen-bond acceptors (Lipinski definition) is 2. The lowest BCUT2D eigenvalue weighted by molar-refractivity contribution is 0.0960. The fraction of sp³-hybridized carbons (Fsp3) is 0.417. The van der Waals surface area contributed by atoms with Crippen LogP contribution in [0.15, 0.2) is 18.2 Å². The van der Waals surface area contributed by atoms with Crippen molar-refractivity contribution in [2.75, 3.05) is 20.6 Å². The van der Waals surface area contributed by atoms with E-state index in [9.17, 15) is 4.79 Å². The van der Waals surface area contributed by atoms with Crippen molar-refractivity contribution in [3.8, 4) is 0 Å². The number of carbonyl (C=O) groups is 1. The Kier molecular flexibility index (Phi) is 2.73. The zero-order valence-corrected chi connectivity index (χ0v) is 9.21. The van der Waals surface area contributed by atoms with E-state index in [1.807, 2.05) is 12.1 Å². The summed E-state index contributed by atoms with van der Waals surface area (Å²) in [5, 5.41) is 2.69. The summed E-state index contributed by atoms with van der Waals surface area (Å²) in [5.41, 5.74) is 3.32. The fourth-order valence-electron chi connectivity index (χ4n) is 2.06. The molecule has 3 nitrogen and oxygen atoms in total. The first-order chi connectivity index (χ1) is 7.22. The summed E-state index contributed by atoms with van der Waals surface area (Å²) >= 11 is 0. The maximum Gasteiger partial charge on any atom is 0.251 e. The largest absolute Gasteiger partial charge is 0.355 e. The molecule has 1 heterocycles. The molecule has 1 amide bonds. The van der Waals surface area contributed by atoms with E-state index in [4.69, 9.17) is 0 Å². The van der Waals surface area contributed by atoms with Gasteiger partial charge in [-0.05, 0) is 30.7 Å². The predicted molar refractivity (Wildman–Crippen MR) is 59.9 cm³/mol. The lowest BCUT2D eigenvalue weighted by atomic mass is 9.95. The lowest BCUT2D eigenvalue weighted by Crippen LogP contribution is -2.30. The highest BCUT2D eigenvalue weighted by molar-refractivity contribution is 5.95. The van der Waals surface area contributed by atoms with Gasteiger partial charge in [-0.3, -0.25) is 4.79 Å². The second-order valence-electron chi connectivity index (χ2n) is 4.01. The number of carbonyl (C=O) groups excluding carboxylic acids is 1. The Morgan fingerprint density at radius 1 is 1.47 bits per heavy atom. The van der Waals surface area contributed by atoms with E-state index < -0.39 is 0 Å². The smallest absolute Gasteiger partial charge is 0.251 e. The molecule has 0 radical (unpaired) electrons. The molecule has 80 valence electrons. The van der Waals surface area contributed by atoms with E-state index in [0.717, 1.165) is 25.1 Å². The van der Waals surface area contributed by atoms with Gasteiger partial charge in [0.05, 0.1) is 0 Å². The molecule has 0 spiro atoms. The summed E-state index contributed by atoms with van der Waals surface area (Å²) < 4.78 is 0. The van der Waals surface area contributed by atoms with Crippen LogP contribution >= 0.6 is 0 Å². The first-order valence-corrected chi connectivity index (χ1v) is 5.23. The van der Waals surface area contributed by atoms with Gasteiger partial charge >= 0.3 is 0 Å². The number of rotatable bonds is 1. The first-order valence-electron chi connectivity index (χ1n) is 5.23. The van der Waals surface area contributed by atoms with Gasteiger partial charge in [-0.2, -0.15) is 0 Å². The van der Waals surface area contributed by atoms with Crippen LogP contribution in [0.25, 0.3) is 0 Å². The van der Waals surface area contributed by atoms with E-state index >= 15 is 0 Å². The third-order valence-corrected chi connectivity index (χ3v) is 2.94. The molecule has 1 aliphatic heterocycles. The number of benzene rings is 1. The number of nitrogens with zero attached hydrogens (tertiary/aromatic N) is 1. The maximum absolute atomic E-state index is 11.7. The standard InChI is InChI=1S/C12H16N2O/c1-13-12(15)10-5-3-4-9-6-7-14(2)8-11(9)10/h3-5H,6-8H2,1-2H3,(H,13,15). The lowest BCUT2D eigenvalue weighted by Gasteiger charge is -2.26. The van der Waals surface area contributed by atoms with E-state index in [2.05, 4.69) is 23.3 Å². The van der Waals surface area contributed by atoms with Crippen LogP contribution in [0.5, 0.6) is 0 Å². The molecule has 1 N–H and O–H groups in total. The molecule has 0 aliphatic carbocycles. The Balaban J connectivity index is 2.44. The third-order valence-electron chi connectivity index (χ3n) is 2.94. The van der Waals surface area contributed by atoms with Gasteiger partial charge in [0.15, 0.2) is 0 Å². The third kappa shape index (κ3) is 1.88. The summed E-state index contributed by atoms with van der Waals surface area (Å²) in [5.74, 6) is 0.0159. The molecule has 0 saturated carbocycles. The number of hydrogen-bond donors (Lipinski definition) is 1. The van der Waals surface area contributed by atoms with E-state index in [1.54, 1.807) is 7.05 Å². The second kappa shape index (κ2) is 4.03. The number of nitrogens with one attached hydrogen (secondary N) is 1. The van der Waals surface area contributed by atoms with Crippen molar-refractivity contribution in [1.29, 1.82) is 0 Å². The van der Waals surface area contributed by atoms with E-state index in [-0.39, 0.29) is 5.91 Å². The van der Waals surface area contributed by atoms with Crippen LogP contribution in [0.2, 0.25) is 0 Å². The summed E-state index contributed by atoms with van der Waals surface area (Å²) in [7, 11) is 3.76. The molecule has 0 aromatic heterocycles. The molecule has 3 heteroatoms. The topological polar surface area (TPSA) is 32.3 Å². The Bertz CT molecular complexity index is 387. The zero-order chi connectivity index (χ0) is 10.8. The van der Waals surface area contributed by atoms with Crippen molar-refractivity contribution in [3.63, 3.8) is 0 Å². The number of fused-ring (bicyclic) bond motifs is 1. The average molecular weight is 204 g/mol. The highest BCUT2D eigenvalue weighted by atomic mass is 16.1. The molecule has 0 bridgehead atoms. The maximum atomic E-state index is 11.7. The van der Waals surface area contributed by atoms with Crippen LogP contribution in [-0.4, -0.2) is 31.4 Å². The van der Waals surface area contributed by atoms with Crippen molar-refractivity contribution in [2.24, 2.45) is 0 Å². The van der Waals surface area contributed by atoms with Crippen molar-refractivity contribution in [1.82, 2.24) is 10.2 Å². The van der Waals surface area contributed by atoms with Crippen LogP contribution in [0.1, 0.15) is 21.5 Å². The van der Waals surface area contributed by atoms with Crippen molar-refractivity contribution in [3.05, 3.63) is 34.9 Å². The Hall–Kier alpha value is -1.35. The van der Waals surface area contributed by atoms with Crippen LogP contribution in [0.4, 0.5) is 0 Å². The van der Waals surface area contributed by atoms with Crippen molar-refractivity contribution in [2.45, 2.75) is 13.0 Å². The van der Waals surface area contributed by atoms with E-state index in [1.165, 1.54) is 11.1 Å². The van der Waals surface area contributed by atoms with Crippen LogP contribution in [0.3, 0.4) is 0 Å². The molecule has 0 fully saturated rings. The number of likely N-dealkylation sites (N-methyl/N-ethyl adjacent to an activating group) is 1. The predicted octanol–water partition coefficient (Wildman–Crippen LogP) is 1.03. The van der Waals surface area contributed by atoms with Crippen molar-refractivity contribution < 1.29 is 4.79 Å². The van der Waals surface area contributed by atoms with Gasteiger partial charge in [0, 0.05) is 25.7 Å². The van der Waals surface area contributed by atoms with Crippen LogP contribution < -0.4 is 5.32 Å². The van der Waals surface area contributed by atoms with E-state index in [0.29, 0.717) is 0 Å². The van der Waals surface area contributed by atoms with Gasteiger partial charge in [-0.15, -0.1) is 0 Å². The molecule has 15 heavy (non-hydrogen) atoms. The Labute approximate surface area is 90.1 Å². The first kappa shape index (κ1) is 10.2. The monoisotopic (exact) mass is 204 g/mol. The average Bonchev–Trinajstić information content (AvgIpc) is 2.27. The van der Waals surface area contributed by atoms with Gasteiger partial charge < -0.3 is 10.2 Å². The fourth-order valence-corrected chi connectivity index (χ4v) is 2.06. The normalized spacial score (nSPS) is 15.9. The van der Waals surface area contributed by atoms with Gasteiger partial charge in [-0.1, -0.05) is 12.1 Å². The molecule has 0 atom stereocenters. The highest BCUT2D eigenvalue weighted by Crippen LogP contribution is 2.21. The Morgan fingerprint density at radius 2 is 2.27 bits per heavy atom. The Morgan fingerprint density at radius 3 is 3.00 bits per heavy atom. The summed E-state index contributed by atoms with van der Waals surface area (Å²) in [6.07, 6.45) is 1.04. The molecule has 0 saturated heterocycles. The minimum Gasteiger partial charge on any atom is -0.355 e. The summed E-state index contributed by atoms with van der Waals surface area (Å²) in [6, 6.07) is 5.99. The van der Waals surface area contributed by atoms with Crippen LogP contribution in [-0.2, 0) is 13.0 Å². The molecule has 1 aromatic carbocycles. The van der Waals surface area contributed by atoms with Crippen molar-refractivity contribution >= 4 is 5.91 Å². The van der Waals surface area contributed by atoms with Gasteiger partial charge in [0.1, 0.15) is 0 Å². The minimum absolute atomic E-state index is 0.0159. The van der Waals surface area contributed by atoms with Gasteiger partial charge in [0.2, 0.25) is 0 Å². The molecule has 0 unspecified atom stereocenters. The quantitative estimate of drug-likeness (QED) is 0.741. The van der Waals surface area contributed by atoms with Crippen LogP contribution in [0, 0.1) is 0 Å². The molecular formula is C12H16N2O. The zero-order valence-electron chi connectivity index (χ0n) is 9.21. The highest BCUT2D eigenvalue weighted by Gasteiger charge is 2.18. The van der Waals surface area contributed by atoms with Gasteiger partial charge in [0.25, 0.3) is 5.91 Å². The minimum atomic E-state index is 0.0159. The summed E-state index contributed by atoms with van der Waals surface area (Å²) in [4.78, 5) is 13.9. The SMILES string of the molecule is CNC(=O)c1cccc2c1CN(C)CC2.